The third-order valence-corrected chi connectivity index (χ3v) is 4.92. The maximum Gasteiger partial charge on any atom is 0.274 e. The topological polar surface area (TPSA) is 64.8 Å². The fourth-order valence-electron chi connectivity index (χ4n) is 3.69. The van der Waals surface area contributed by atoms with Crippen LogP contribution in [-0.4, -0.2) is 26.2 Å². The van der Waals surface area contributed by atoms with Crippen molar-refractivity contribution in [1.29, 1.82) is 0 Å². The van der Waals surface area contributed by atoms with Crippen molar-refractivity contribution in [2.24, 2.45) is 7.05 Å². The molecule has 0 radical (unpaired) electrons. The highest BCUT2D eigenvalue weighted by atomic mass is 19.1. The SMILES string of the molecule is C=Cc1nn(C2CCCCO2)c2c(F)cc(-c3c(C)[nH]n(C)c3=O)cc12. The molecule has 26 heavy (non-hydrogen) atoms. The highest BCUT2D eigenvalue weighted by molar-refractivity contribution is 5.91. The van der Waals surface area contributed by atoms with Crippen LogP contribution < -0.4 is 5.56 Å². The number of benzene rings is 1. The predicted octanol–water partition coefficient (Wildman–Crippen LogP) is 3.52. The van der Waals surface area contributed by atoms with E-state index in [0.717, 1.165) is 19.3 Å². The van der Waals surface area contributed by atoms with Gasteiger partial charge in [-0.05, 0) is 50.0 Å². The number of aromatic amines is 1. The summed E-state index contributed by atoms with van der Waals surface area (Å²) >= 11 is 0. The Hall–Kier alpha value is -2.67. The second-order valence-electron chi connectivity index (χ2n) is 6.69. The number of nitrogens with zero attached hydrogens (tertiary/aromatic N) is 3. The molecular weight excluding hydrogens is 335 g/mol. The minimum absolute atomic E-state index is 0.190. The number of H-pyrrole nitrogens is 1. The Morgan fingerprint density at radius 2 is 2.23 bits per heavy atom. The maximum atomic E-state index is 15.1. The van der Waals surface area contributed by atoms with E-state index < -0.39 is 5.82 Å². The molecule has 7 heteroatoms. The van der Waals surface area contributed by atoms with Crippen LogP contribution >= 0.6 is 0 Å². The summed E-state index contributed by atoms with van der Waals surface area (Å²) in [7, 11) is 1.64. The molecule has 6 nitrogen and oxygen atoms in total. The summed E-state index contributed by atoms with van der Waals surface area (Å²) in [5, 5.41) is 8.10. The van der Waals surface area contributed by atoms with Crippen LogP contribution in [0.2, 0.25) is 0 Å². The Bertz CT molecular complexity index is 1050. The van der Waals surface area contributed by atoms with Gasteiger partial charge in [-0.15, -0.1) is 0 Å². The lowest BCUT2D eigenvalue weighted by atomic mass is 10.0. The zero-order valence-corrected chi connectivity index (χ0v) is 14.9. The van der Waals surface area contributed by atoms with E-state index in [1.807, 2.05) is 0 Å². The molecule has 1 aromatic carbocycles. The van der Waals surface area contributed by atoms with E-state index in [1.165, 1.54) is 10.7 Å². The Labute approximate surface area is 149 Å². The summed E-state index contributed by atoms with van der Waals surface area (Å²) in [5.41, 5.74) is 2.47. The average Bonchev–Trinajstić information content (AvgIpc) is 3.13. The molecule has 1 atom stereocenters. The van der Waals surface area contributed by atoms with Gasteiger partial charge in [0, 0.05) is 24.7 Å². The number of halogens is 1. The van der Waals surface area contributed by atoms with Crippen LogP contribution in [0.15, 0.2) is 23.5 Å². The Morgan fingerprint density at radius 1 is 1.42 bits per heavy atom. The number of aryl methyl sites for hydroxylation is 2. The minimum atomic E-state index is -0.421. The standard InChI is InChI=1S/C19H21FN4O2/c1-4-15-13-9-12(17-11(2)21-23(3)19(17)25)10-14(20)18(13)24(22-15)16-7-5-6-8-26-16/h4,9-10,16,21H,1,5-8H2,2-3H3. The number of fused-ring (bicyclic) bond motifs is 1. The van der Waals surface area contributed by atoms with Gasteiger partial charge in [-0.2, -0.15) is 5.10 Å². The first kappa shape index (κ1) is 16.8. The Kier molecular flexibility index (Phi) is 4.03. The van der Waals surface area contributed by atoms with Crippen LogP contribution in [0.3, 0.4) is 0 Å². The van der Waals surface area contributed by atoms with E-state index in [-0.39, 0.29) is 11.8 Å². The summed E-state index contributed by atoms with van der Waals surface area (Å²) < 4.78 is 23.9. The van der Waals surface area contributed by atoms with Crippen molar-refractivity contribution in [2.45, 2.75) is 32.4 Å². The van der Waals surface area contributed by atoms with Crippen LogP contribution in [0.4, 0.5) is 4.39 Å². The van der Waals surface area contributed by atoms with Gasteiger partial charge in [0.2, 0.25) is 0 Å². The fourth-order valence-corrected chi connectivity index (χ4v) is 3.69. The van der Waals surface area contributed by atoms with Crippen LogP contribution in [0, 0.1) is 12.7 Å². The molecule has 0 aliphatic carbocycles. The molecular formula is C19H21FN4O2. The van der Waals surface area contributed by atoms with Crippen molar-refractivity contribution >= 4 is 17.0 Å². The quantitative estimate of drug-likeness (QED) is 0.781. The number of rotatable bonds is 3. The summed E-state index contributed by atoms with van der Waals surface area (Å²) in [4.78, 5) is 12.4. The van der Waals surface area contributed by atoms with E-state index in [0.29, 0.717) is 40.0 Å². The third kappa shape index (κ3) is 2.50. The number of hydrogen-bond acceptors (Lipinski definition) is 3. The number of ether oxygens (including phenoxy) is 1. The van der Waals surface area contributed by atoms with Gasteiger partial charge in [-0.3, -0.25) is 14.6 Å². The zero-order valence-electron chi connectivity index (χ0n) is 14.9. The first-order chi connectivity index (χ1) is 12.5. The lowest BCUT2D eigenvalue weighted by molar-refractivity contribution is -0.0369. The molecule has 1 aliphatic rings. The molecule has 3 aromatic rings. The van der Waals surface area contributed by atoms with Crippen LogP contribution in [0.25, 0.3) is 28.1 Å². The normalized spacial score (nSPS) is 17.7. The van der Waals surface area contributed by atoms with Crippen molar-refractivity contribution in [3.05, 3.63) is 46.3 Å². The molecule has 1 saturated heterocycles. The molecule has 1 N–H and O–H groups in total. The van der Waals surface area contributed by atoms with Gasteiger partial charge in [-0.1, -0.05) is 6.58 Å². The van der Waals surface area contributed by atoms with E-state index in [9.17, 15) is 4.79 Å². The predicted molar refractivity (Wildman–Crippen MR) is 98.4 cm³/mol. The minimum Gasteiger partial charge on any atom is -0.356 e. The maximum absolute atomic E-state index is 15.1. The first-order valence-corrected chi connectivity index (χ1v) is 8.73. The van der Waals surface area contributed by atoms with E-state index in [2.05, 4.69) is 16.8 Å². The summed E-state index contributed by atoms with van der Waals surface area (Å²) in [6.07, 6.45) is 4.15. The van der Waals surface area contributed by atoms with E-state index >= 15 is 4.39 Å². The van der Waals surface area contributed by atoms with Gasteiger partial charge in [0.15, 0.2) is 6.23 Å². The Morgan fingerprint density at radius 3 is 2.85 bits per heavy atom. The molecule has 136 valence electrons. The summed E-state index contributed by atoms with van der Waals surface area (Å²) in [6.45, 7) is 6.24. The molecule has 0 bridgehead atoms. The summed E-state index contributed by atoms with van der Waals surface area (Å²) in [5.74, 6) is -0.421. The van der Waals surface area contributed by atoms with E-state index in [1.54, 1.807) is 30.8 Å². The molecule has 3 heterocycles. The van der Waals surface area contributed by atoms with Gasteiger partial charge in [0.1, 0.15) is 11.3 Å². The van der Waals surface area contributed by atoms with Gasteiger partial charge in [0.05, 0.1) is 11.3 Å². The number of aromatic nitrogens is 4. The van der Waals surface area contributed by atoms with Crippen LogP contribution in [0.1, 0.15) is 36.9 Å². The van der Waals surface area contributed by atoms with Gasteiger partial charge in [-0.25, -0.2) is 9.07 Å². The molecule has 4 rings (SSSR count). The molecule has 0 spiro atoms. The van der Waals surface area contributed by atoms with Crippen molar-refractivity contribution in [3.63, 3.8) is 0 Å². The highest BCUT2D eigenvalue weighted by Crippen LogP contribution is 2.33. The number of nitrogens with one attached hydrogen (secondary N) is 1. The average molecular weight is 356 g/mol. The third-order valence-electron chi connectivity index (χ3n) is 4.92. The molecule has 1 aliphatic heterocycles. The van der Waals surface area contributed by atoms with E-state index in [4.69, 9.17) is 4.74 Å². The summed E-state index contributed by atoms with van der Waals surface area (Å²) in [6, 6.07) is 3.20. The van der Waals surface area contributed by atoms with Crippen LogP contribution in [0.5, 0.6) is 0 Å². The molecule has 1 fully saturated rings. The molecule has 0 saturated carbocycles. The van der Waals surface area contributed by atoms with Gasteiger partial charge >= 0.3 is 0 Å². The monoisotopic (exact) mass is 356 g/mol. The molecule has 2 aromatic heterocycles. The Balaban J connectivity index is 1.95. The first-order valence-electron chi connectivity index (χ1n) is 8.73. The number of hydrogen-bond donors (Lipinski definition) is 1. The second kappa shape index (κ2) is 6.25. The smallest absolute Gasteiger partial charge is 0.274 e. The van der Waals surface area contributed by atoms with Crippen molar-refractivity contribution in [2.75, 3.05) is 6.61 Å². The second-order valence-corrected chi connectivity index (χ2v) is 6.69. The van der Waals surface area contributed by atoms with Gasteiger partial charge in [0.25, 0.3) is 5.56 Å². The lowest BCUT2D eigenvalue weighted by Gasteiger charge is -2.23. The fraction of sp³-hybridized carbons (Fsp3) is 0.368. The largest absolute Gasteiger partial charge is 0.356 e. The van der Waals surface area contributed by atoms with Gasteiger partial charge < -0.3 is 4.74 Å². The zero-order chi connectivity index (χ0) is 18.4. The van der Waals surface area contributed by atoms with Crippen molar-refractivity contribution in [1.82, 2.24) is 19.6 Å². The van der Waals surface area contributed by atoms with Crippen molar-refractivity contribution < 1.29 is 9.13 Å². The molecule has 0 amide bonds. The highest BCUT2D eigenvalue weighted by Gasteiger charge is 2.24. The van der Waals surface area contributed by atoms with Crippen LogP contribution in [-0.2, 0) is 11.8 Å². The van der Waals surface area contributed by atoms with Crippen molar-refractivity contribution in [3.8, 4) is 11.1 Å². The lowest BCUT2D eigenvalue weighted by Crippen LogP contribution is -2.19. The molecule has 1 unspecified atom stereocenters.